The molecule has 1 aliphatic carbocycles. The third-order valence-corrected chi connectivity index (χ3v) is 12.6. The number of alkyl carbamates (subject to hydrolysis) is 2. The van der Waals surface area contributed by atoms with Gasteiger partial charge in [-0.3, -0.25) is 14.6 Å². The van der Waals surface area contributed by atoms with Crippen LogP contribution in [0.25, 0.3) is 38.7 Å². The number of likely N-dealkylation sites (tertiary alicyclic amines) is 2. The predicted molar refractivity (Wildman–Crippen MR) is 226 cm³/mol. The number of rotatable bonds is 11. The van der Waals surface area contributed by atoms with Gasteiger partial charge in [-0.25, -0.2) is 14.6 Å². The smallest absolute Gasteiger partial charge is 0.407 e. The van der Waals surface area contributed by atoms with Crippen molar-refractivity contribution in [1.82, 2.24) is 30.4 Å². The summed E-state index contributed by atoms with van der Waals surface area (Å²) in [5, 5.41) is 16.8. The number of aromatic amines is 1. The summed E-state index contributed by atoms with van der Waals surface area (Å²) in [5.41, 5.74) is 7.18. The number of carbonyl (C=O) groups excluding carboxylic acids is 4. The summed E-state index contributed by atoms with van der Waals surface area (Å²) in [6.07, 6.45) is 7.33. The van der Waals surface area contributed by atoms with Crippen molar-refractivity contribution in [2.75, 3.05) is 20.8 Å². The number of allylic oxidation sites excluding steroid dienone is 1. The number of hydrogen-bond donors (Lipinski definition) is 3. The Labute approximate surface area is 349 Å². The van der Waals surface area contributed by atoms with Crippen molar-refractivity contribution in [1.29, 1.82) is 5.26 Å². The number of fused-ring (bicyclic) bond motifs is 3. The van der Waals surface area contributed by atoms with E-state index in [1.165, 1.54) is 14.2 Å². The molecule has 1 saturated carbocycles. The summed E-state index contributed by atoms with van der Waals surface area (Å²) in [4.78, 5) is 68.1. The molecule has 4 amide bonds. The number of aromatic nitrogens is 2. The molecule has 14 heteroatoms. The van der Waals surface area contributed by atoms with Crippen LogP contribution in [0.2, 0.25) is 0 Å². The van der Waals surface area contributed by atoms with E-state index in [-0.39, 0.29) is 48.2 Å². The lowest BCUT2D eigenvalue weighted by molar-refractivity contribution is -0.138. The van der Waals surface area contributed by atoms with Gasteiger partial charge in [0.05, 0.1) is 50.7 Å². The normalized spacial score (nSPS) is 21.7. The van der Waals surface area contributed by atoms with E-state index in [1.54, 1.807) is 0 Å². The van der Waals surface area contributed by atoms with Gasteiger partial charge < -0.3 is 34.9 Å². The maximum absolute atomic E-state index is 13.8. The number of methoxy groups -OCH3 is 2. The van der Waals surface area contributed by atoms with Gasteiger partial charge in [0.2, 0.25) is 11.8 Å². The summed E-state index contributed by atoms with van der Waals surface area (Å²) < 4.78 is 9.49. The Hall–Kier alpha value is -6.49. The van der Waals surface area contributed by atoms with Crippen LogP contribution in [0, 0.1) is 23.2 Å². The second kappa shape index (κ2) is 17.0. The van der Waals surface area contributed by atoms with E-state index in [2.05, 4.69) is 76.3 Å². The minimum Gasteiger partial charge on any atom is -0.453 e. The van der Waals surface area contributed by atoms with Crippen LogP contribution in [0.4, 0.5) is 9.59 Å². The minimum absolute atomic E-state index is 0.0314. The molecule has 4 heterocycles. The van der Waals surface area contributed by atoms with Crippen molar-refractivity contribution in [2.45, 2.75) is 89.0 Å². The number of piperidine rings is 1. The first-order valence-corrected chi connectivity index (χ1v) is 20.7. The molecule has 4 aliphatic rings. The van der Waals surface area contributed by atoms with E-state index in [4.69, 9.17) is 19.5 Å². The second-order valence-electron chi connectivity index (χ2n) is 16.5. The Balaban J connectivity index is 0.927. The fourth-order valence-electron chi connectivity index (χ4n) is 9.52. The van der Waals surface area contributed by atoms with Gasteiger partial charge >= 0.3 is 12.2 Å². The van der Waals surface area contributed by atoms with Crippen molar-refractivity contribution in [2.24, 2.45) is 16.8 Å². The van der Waals surface area contributed by atoms with E-state index in [1.807, 2.05) is 42.1 Å². The maximum atomic E-state index is 13.8. The third-order valence-electron chi connectivity index (χ3n) is 12.6. The Morgan fingerprint density at radius 2 is 1.57 bits per heavy atom. The number of nitriles is 1. The number of hydrogen-bond acceptors (Lipinski definition) is 9. The molecule has 14 nitrogen and oxygen atoms in total. The highest BCUT2D eigenvalue weighted by molar-refractivity contribution is 6.04. The Kier molecular flexibility index (Phi) is 11.4. The summed E-state index contributed by atoms with van der Waals surface area (Å²) in [5.74, 6) is 0.461. The zero-order chi connectivity index (χ0) is 42.1. The van der Waals surface area contributed by atoms with Gasteiger partial charge in [-0.15, -0.1) is 0 Å². The molecule has 2 saturated heterocycles. The van der Waals surface area contributed by atoms with Gasteiger partial charge in [-0.1, -0.05) is 62.4 Å². The standard InChI is InChI=1S/C46H50N8O6/c1-26(2)40(52-46(58)60-4)44(56)53-19-5-6-39(53)37-23-34(24-48-37)28-9-7-27(8-10-28)29-11-12-31-21-32(14-13-30(31)20-29)38-25-49-42(50-38)41-33-15-16-35(22-33)54(41)43(55)36(17-18-47)51-45(57)59-3/h7-14,20-21,24-26,33,35-36,39-41H,5-6,15-17,19,22-23H2,1-4H3,(H,49,50)(H,51,57)(H,52,58)/t33-,35+,36-,39-,40-,41-/m0/s1. The number of carbonyl (C=O) groups is 4. The summed E-state index contributed by atoms with van der Waals surface area (Å²) in [6, 6.07) is 21.3. The van der Waals surface area contributed by atoms with Crippen LogP contribution in [-0.2, 0) is 19.1 Å². The number of imidazole rings is 1. The molecule has 3 aromatic carbocycles. The number of benzene rings is 3. The highest BCUT2D eigenvalue weighted by atomic mass is 16.5. The number of nitrogens with zero attached hydrogens (tertiary/aromatic N) is 5. The van der Waals surface area contributed by atoms with Gasteiger partial charge in [0.15, 0.2) is 0 Å². The van der Waals surface area contributed by atoms with Gasteiger partial charge in [0.1, 0.15) is 17.9 Å². The van der Waals surface area contributed by atoms with Crippen molar-refractivity contribution < 1.29 is 28.7 Å². The molecule has 3 aliphatic heterocycles. The lowest BCUT2D eigenvalue weighted by Gasteiger charge is -2.36. The average molecular weight is 811 g/mol. The van der Waals surface area contributed by atoms with E-state index < -0.39 is 24.3 Å². The predicted octanol–water partition coefficient (Wildman–Crippen LogP) is 7.14. The lowest BCUT2D eigenvalue weighted by atomic mass is 9.95. The Bertz CT molecular complexity index is 2410. The number of H-pyrrole nitrogens is 1. The molecule has 1 aromatic heterocycles. The molecule has 3 fully saturated rings. The zero-order valence-electron chi connectivity index (χ0n) is 34.3. The van der Waals surface area contributed by atoms with Gasteiger partial charge in [0, 0.05) is 36.5 Å². The van der Waals surface area contributed by atoms with Crippen molar-refractivity contribution in [3.05, 3.63) is 84.4 Å². The van der Waals surface area contributed by atoms with Crippen LogP contribution in [0.1, 0.15) is 76.2 Å². The van der Waals surface area contributed by atoms with Crippen LogP contribution in [0.15, 0.2) is 78.1 Å². The summed E-state index contributed by atoms with van der Waals surface area (Å²) in [7, 11) is 2.53. The molecular weight excluding hydrogens is 761 g/mol. The van der Waals surface area contributed by atoms with Gasteiger partial charge in [-0.2, -0.15) is 5.26 Å². The monoisotopic (exact) mass is 810 g/mol. The van der Waals surface area contributed by atoms with Crippen molar-refractivity contribution in [3.63, 3.8) is 0 Å². The quantitative estimate of drug-likeness (QED) is 0.143. The molecule has 8 rings (SSSR count). The van der Waals surface area contributed by atoms with Crippen LogP contribution >= 0.6 is 0 Å². The molecule has 310 valence electrons. The molecule has 3 N–H and O–H groups in total. The van der Waals surface area contributed by atoms with Gasteiger partial charge in [0.25, 0.3) is 0 Å². The fourth-order valence-corrected chi connectivity index (χ4v) is 9.52. The molecule has 2 bridgehead atoms. The van der Waals surface area contributed by atoms with Gasteiger partial charge in [-0.05, 0) is 89.1 Å². The largest absolute Gasteiger partial charge is 0.453 e. The molecule has 4 aromatic rings. The van der Waals surface area contributed by atoms with Crippen LogP contribution in [-0.4, -0.2) is 94.4 Å². The number of aliphatic imine (C=N–C) groups is 1. The Morgan fingerprint density at radius 1 is 0.883 bits per heavy atom. The number of nitrogens with one attached hydrogen (secondary N) is 3. The van der Waals surface area contributed by atoms with Crippen LogP contribution in [0.5, 0.6) is 0 Å². The highest BCUT2D eigenvalue weighted by Crippen LogP contribution is 2.50. The Morgan fingerprint density at radius 3 is 2.28 bits per heavy atom. The highest BCUT2D eigenvalue weighted by Gasteiger charge is 2.51. The zero-order valence-corrected chi connectivity index (χ0v) is 34.3. The first kappa shape index (κ1) is 40.3. The van der Waals surface area contributed by atoms with Crippen LogP contribution < -0.4 is 10.6 Å². The van der Waals surface area contributed by atoms with Crippen molar-refractivity contribution in [3.8, 4) is 28.5 Å². The molecule has 0 radical (unpaired) electrons. The topological polar surface area (TPSA) is 182 Å². The molecule has 60 heavy (non-hydrogen) atoms. The maximum Gasteiger partial charge on any atom is 0.407 e. The van der Waals surface area contributed by atoms with E-state index in [0.29, 0.717) is 18.8 Å². The second-order valence-corrected chi connectivity index (χ2v) is 16.5. The number of ether oxygens (including phenoxy) is 2. The summed E-state index contributed by atoms with van der Waals surface area (Å²) in [6.45, 7) is 4.46. The third kappa shape index (κ3) is 7.84. The first-order valence-electron chi connectivity index (χ1n) is 20.7. The van der Waals surface area contributed by atoms with Crippen LogP contribution in [0.3, 0.4) is 0 Å². The minimum atomic E-state index is -0.994. The van der Waals surface area contributed by atoms with E-state index >= 15 is 0 Å². The van der Waals surface area contributed by atoms with E-state index in [0.717, 1.165) is 82.1 Å². The molecule has 0 unspecified atom stereocenters. The average Bonchev–Trinajstić information content (AvgIpc) is 4.13. The first-order chi connectivity index (χ1) is 29.1. The molecule has 6 atom stereocenters. The van der Waals surface area contributed by atoms with Crippen molar-refractivity contribution >= 4 is 46.1 Å². The molecule has 0 spiro atoms. The van der Waals surface area contributed by atoms with E-state index in [9.17, 15) is 24.4 Å². The number of amides is 4. The summed E-state index contributed by atoms with van der Waals surface area (Å²) >= 11 is 0. The fraction of sp³-hybridized carbons (Fsp3) is 0.413. The molecular formula is C46H50N8O6. The SMILES string of the molecule is COC(=O)N[C@@H](CC#N)C(=O)N1[C@@H]2CC[C@@H](C2)[C@H]1c1ncc(-c2ccc3cc(-c4ccc(C5=CN=C([C@@H]6CCCN6C(=O)[C@@H](NC(=O)OC)C(C)C)C5)cc4)ccc3c2)[nH]1. The lowest BCUT2D eigenvalue weighted by Crippen LogP contribution is -2.53.